The van der Waals surface area contributed by atoms with Crippen molar-refractivity contribution in [3.63, 3.8) is 0 Å². The Morgan fingerprint density at radius 3 is 2.71 bits per heavy atom. The van der Waals surface area contributed by atoms with E-state index in [9.17, 15) is 8.42 Å². The molecule has 31 heavy (non-hydrogen) atoms. The Morgan fingerprint density at radius 2 is 1.90 bits per heavy atom. The molecule has 1 N–H and O–H groups in total. The molecule has 6 nitrogen and oxygen atoms in total. The maximum atomic E-state index is 12.2. The van der Waals surface area contributed by atoms with Gasteiger partial charge in [0.05, 0.1) is 11.5 Å². The molecular weight excluding hydrogens is 502 g/mol. The smallest absolute Gasteiger partial charge is 0.263 e. The van der Waals surface area contributed by atoms with Crippen LogP contribution < -0.4 is 9.46 Å². The average Bonchev–Trinajstić information content (AvgIpc) is 2.98. The Hall–Kier alpha value is -1.61. The largest absolute Gasteiger partial charge is 0.494 e. The fourth-order valence-electron chi connectivity index (χ4n) is 3.82. The normalized spacial score (nSPS) is 18.8. The number of aliphatic imine (C=N–C) groups is 1. The first-order valence-electron chi connectivity index (χ1n) is 10.3. The van der Waals surface area contributed by atoms with E-state index in [1.54, 1.807) is 12.1 Å². The molecule has 0 atom stereocenters. The Bertz CT molecular complexity index is 1040. The molecule has 0 aromatic heterocycles. The van der Waals surface area contributed by atoms with E-state index in [-0.39, 0.29) is 17.3 Å². The van der Waals surface area contributed by atoms with Gasteiger partial charge in [0.1, 0.15) is 11.6 Å². The van der Waals surface area contributed by atoms with Crippen LogP contribution >= 0.6 is 28.3 Å². The fourth-order valence-corrected chi connectivity index (χ4v) is 5.61. The van der Waals surface area contributed by atoms with Crippen molar-refractivity contribution in [2.24, 2.45) is 4.99 Å². The molecule has 1 saturated heterocycles. The van der Waals surface area contributed by atoms with Crippen molar-refractivity contribution in [1.82, 2.24) is 9.62 Å². The third-order valence-corrected chi connectivity index (χ3v) is 7.19. The van der Waals surface area contributed by atoms with E-state index >= 15 is 0 Å². The molecule has 2 aliphatic rings. The maximum absolute atomic E-state index is 12.2. The minimum absolute atomic E-state index is 0. The summed E-state index contributed by atoms with van der Waals surface area (Å²) in [5.74, 6) is 1.27. The summed E-state index contributed by atoms with van der Waals surface area (Å²) in [7, 11) is -3.53. The maximum Gasteiger partial charge on any atom is 0.263 e. The number of sulfonamides is 1. The van der Waals surface area contributed by atoms with Crippen LogP contribution in [0.25, 0.3) is 0 Å². The van der Waals surface area contributed by atoms with Crippen LogP contribution in [0.2, 0.25) is 0 Å². The van der Waals surface area contributed by atoms with Crippen molar-refractivity contribution in [2.75, 3.05) is 26.2 Å². The van der Waals surface area contributed by atoms with Gasteiger partial charge in [-0.05, 0) is 61.8 Å². The predicted molar refractivity (Wildman–Crippen MR) is 129 cm³/mol. The number of hydrogen-bond donors (Lipinski definition) is 1. The number of halogens is 2. The third kappa shape index (κ3) is 6.22. The summed E-state index contributed by atoms with van der Waals surface area (Å²) in [5, 5.41) is 0. The van der Waals surface area contributed by atoms with E-state index in [1.807, 2.05) is 18.2 Å². The summed E-state index contributed by atoms with van der Waals surface area (Å²) in [5.41, 5.74) is 1.89. The second-order valence-corrected chi connectivity index (χ2v) is 10.2. The van der Waals surface area contributed by atoms with Crippen LogP contribution in [0, 0.1) is 0 Å². The molecule has 0 spiro atoms. The van der Waals surface area contributed by atoms with E-state index in [1.165, 1.54) is 37.9 Å². The molecule has 2 aliphatic heterocycles. The molecule has 0 amide bonds. The van der Waals surface area contributed by atoms with Crippen LogP contribution in [-0.4, -0.2) is 45.4 Å². The summed E-state index contributed by atoms with van der Waals surface area (Å²) in [4.78, 5) is 7.20. The molecule has 9 heteroatoms. The standard InChI is InChI=1S/C22H26BrN3O3S.ClH/c23-18-8-9-20-21(15-18)30(27,28)25-22(20)24-10-5-13-29-19-7-4-6-17(14-19)16-26-11-2-1-3-12-26;/h4,6-9,14-15H,1-3,5,10-13,16H2,(H,24,25);1H. The van der Waals surface area contributed by atoms with E-state index in [4.69, 9.17) is 4.74 Å². The average molecular weight is 529 g/mol. The first kappa shape index (κ1) is 24.0. The zero-order valence-corrected chi connectivity index (χ0v) is 20.4. The number of nitrogens with zero attached hydrogens (tertiary/aromatic N) is 2. The van der Waals surface area contributed by atoms with E-state index in [2.05, 4.69) is 42.7 Å². The van der Waals surface area contributed by atoms with E-state index in [0.717, 1.165) is 16.8 Å². The number of ether oxygens (including phenoxy) is 1. The highest BCUT2D eigenvalue weighted by Gasteiger charge is 2.30. The van der Waals surface area contributed by atoms with Gasteiger partial charge in [-0.1, -0.05) is 34.5 Å². The summed E-state index contributed by atoms with van der Waals surface area (Å²) in [6, 6.07) is 13.5. The summed E-state index contributed by atoms with van der Waals surface area (Å²) >= 11 is 3.31. The van der Waals surface area contributed by atoms with Gasteiger partial charge in [-0.3, -0.25) is 14.6 Å². The molecule has 2 heterocycles. The number of fused-ring (bicyclic) bond motifs is 1. The Morgan fingerprint density at radius 1 is 1.10 bits per heavy atom. The Labute approximate surface area is 198 Å². The molecule has 1 fully saturated rings. The molecule has 168 valence electrons. The number of likely N-dealkylation sites (tertiary alicyclic amines) is 1. The lowest BCUT2D eigenvalue weighted by atomic mass is 10.1. The lowest BCUT2D eigenvalue weighted by Crippen LogP contribution is -2.29. The van der Waals surface area contributed by atoms with E-state index in [0.29, 0.717) is 31.0 Å². The van der Waals surface area contributed by atoms with Gasteiger partial charge in [0, 0.05) is 29.5 Å². The molecule has 0 saturated carbocycles. The number of hydrogen-bond acceptors (Lipinski definition) is 5. The van der Waals surface area contributed by atoms with Gasteiger partial charge in [0.2, 0.25) is 0 Å². The van der Waals surface area contributed by atoms with Gasteiger partial charge < -0.3 is 4.74 Å². The lowest BCUT2D eigenvalue weighted by Gasteiger charge is -2.26. The highest BCUT2D eigenvalue weighted by Crippen LogP contribution is 2.26. The van der Waals surface area contributed by atoms with Crippen LogP contribution in [0.5, 0.6) is 5.75 Å². The first-order valence-corrected chi connectivity index (χ1v) is 12.6. The second-order valence-electron chi connectivity index (χ2n) is 7.66. The minimum atomic E-state index is -3.53. The Balaban J connectivity index is 0.00000272. The SMILES string of the molecule is Cl.O=S1(=O)NC(=NCCCOc2cccc(CN3CCCCC3)c2)c2ccc(Br)cc21. The zero-order chi connectivity index (χ0) is 21.0. The lowest BCUT2D eigenvalue weighted by molar-refractivity contribution is 0.220. The molecular formula is C22H27BrClN3O3S. The summed E-state index contributed by atoms with van der Waals surface area (Å²) < 4.78 is 33.6. The number of nitrogens with one attached hydrogen (secondary N) is 1. The highest BCUT2D eigenvalue weighted by atomic mass is 79.9. The zero-order valence-electron chi connectivity index (χ0n) is 17.2. The number of benzene rings is 2. The summed E-state index contributed by atoms with van der Waals surface area (Å²) in [6.07, 6.45) is 4.62. The summed E-state index contributed by atoms with van der Waals surface area (Å²) in [6.45, 7) is 4.34. The molecule has 0 bridgehead atoms. The fraction of sp³-hybridized carbons (Fsp3) is 0.409. The van der Waals surface area contributed by atoms with Crippen molar-refractivity contribution in [3.05, 3.63) is 58.1 Å². The molecule has 4 rings (SSSR count). The van der Waals surface area contributed by atoms with Gasteiger partial charge in [0.25, 0.3) is 10.0 Å². The van der Waals surface area contributed by atoms with Crippen LogP contribution in [0.4, 0.5) is 0 Å². The molecule has 2 aromatic carbocycles. The van der Waals surface area contributed by atoms with Gasteiger partial charge in [-0.2, -0.15) is 0 Å². The van der Waals surface area contributed by atoms with Gasteiger partial charge >= 0.3 is 0 Å². The number of piperidine rings is 1. The topological polar surface area (TPSA) is 71.0 Å². The molecule has 2 aromatic rings. The Kier molecular flexibility index (Phi) is 8.38. The van der Waals surface area contributed by atoms with Crippen molar-refractivity contribution in [1.29, 1.82) is 0 Å². The highest BCUT2D eigenvalue weighted by molar-refractivity contribution is 9.10. The second kappa shape index (κ2) is 10.8. The molecule has 0 unspecified atom stereocenters. The van der Waals surface area contributed by atoms with Crippen LogP contribution in [0.15, 0.2) is 56.8 Å². The molecule has 0 radical (unpaired) electrons. The number of amidine groups is 1. The first-order chi connectivity index (χ1) is 14.5. The van der Waals surface area contributed by atoms with Gasteiger partial charge in [-0.25, -0.2) is 8.42 Å². The quantitative estimate of drug-likeness (QED) is 0.542. The van der Waals surface area contributed by atoms with Crippen LogP contribution in [0.3, 0.4) is 0 Å². The van der Waals surface area contributed by atoms with Crippen LogP contribution in [0.1, 0.15) is 36.8 Å². The van der Waals surface area contributed by atoms with Gasteiger partial charge in [0.15, 0.2) is 0 Å². The minimum Gasteiger partial charge on any atom is -0.494 e. The predicted octanol–water partition coefficient (Wildman–Crippen LogP) is 4.36. The van der Waals surface area contributed by atoms with Crippen molar-refractivity contribution in [3.8, 4) is 5.75 Å². The monoisotopic (exact) mass is 527 g/mol. The third-order valence-electron chi connectivity index (χ3n) is 5.31. The number of rotatable bonds is 7. The van der Waals surface area contributed by atoms with Crippen molar-refractivity contribution < 1.29 is 13.2 Å². The van der Waals surface area contributed by atoms with Crippen molar-refractivity contribution >= 4 is 44.2 Å². The molecule has 0 aliphatic carbocycles. The van der Waals surface area contributed by atoms with Crippen LogP contribution in [-0.2, 0) is 16.6 Å². The van der Waals surface area contributed by atoms with E-state index < -0.39 is 10.0 Å². The van der Waals surface area contributed by atoms with Gasteiger partial charge in [-0.15, -0.1) is 12.4 Å². The van der Waals surface area contributed by atoms with Crippen molar-refractivity contribution in [2.45, 2.75) is 37.1 Å².